The number of nitrogens with one attached hydrogen (secondary N) is 1. The number of amides is 1. The first-order chi connectivity index (χ1) is 9.58. The van der Waals surface area contributed by atoms with Gasteiger partial charge in [0, 0.05) is 24.8 Å². The third-order valence-corrected chi connectivity index (χ3v) is 3.37. The van der Waals surface area contributed by atoms with Crippen LogP contribution < -0.4 is 11.1 Å². The molecule has 20 heavy (non-hydrogen) atoms. The molecule has 3 N–H and O–H groups in total. The smallest absolute Gasteiger partial charge is 0.238 e. The average Bonchev–Trinajstić information content (AvgIpc) is 2.44. The maximum absolute atomic E-state index is 12.8. The summed E-state index contributed by atoms with van der Waals surface area (Å²) >= 11 is 0. The van der Waals surface area contributed by atoms with E-state index in [0.717, 1.165) is 0 Å². The van der Waals surface area contributed by atoms with Crippen molar-refractivity contribution in [2.75, 3.05) is 31.6 Å². The molecule has 0 aromatic heterocycles. The molecule has 1 aromatic carbocycles. The minimum Gasteiger partial charge on any atom is -0.374 e. The van der Waals surface area contributed by atoms with Crippen molar-refractivity contribution in [2.45, 2.75) is 19.1 Å². The van der Waals surface area contributed by atoms with Gasteiger partial charge in [0.25, 0.3) is 0 Å². The van der Waals surface area contributed by atoms with Crippen molar-refractivity contribution in [3.63, 3.8) is 0 Å². The molecule has 1 aliphatic heterocycles. The SMILES string of the molecule is CC1COC(CN)CN1CC(=O)Nc1ccc(F)cc1. The predicted octanol–water partition coefficient (Wildman–Crippen LogP) is 0.812. The zero-order chi connectivity index (χ0) is 14.5. The largest absolute Gasteiger partial charge is 0.374 e. The van der Waals surface area contributed by atoms with E-state index in [1.54, 1.807) is 12.1 Å². The molecule has 0 radical (unpaired) electrons. The predicted molar refractivity (Wildman–Crippen MR) is 74.9 cm³/mol. The van der Waals surface area contributed by atoms with Gasteiger partial charge in [0.2, 0.25) is 5.91 Å². The highest BCUT2D eigenvalue weighted by Crippen LogP contribution is 2.12. The minimum absolute atomic E-state index is 0.0233. The maximum atomic E-state index is 12.8. The normalized spacial score (nSPS) is 23.6. The fourth-order valence-electron chi connectivity index (χ4n) is 2.16. The number of nitrogens with zero attached hydrogens (tertiary/aromatic N) is 1. The van der Waals surface area contributed by atoms with Crippen LogP contribution >= 0.6 is 0 Å². The Hall–Kier alpha value is -1.50. The highest BCUT2D eigenvalue weighted by atomic mass is 19.1. The Kier molecular flexibility index (Phi) is 5.05. The van der Waals surface area contributed by atoms with Crippen molar-refractivity contribution >= 4 is 11.6 Å². The lowest BCUT2D eigenvalue weighted by Crippen LogP contribution is -2.52. The molecule has 1 saturated heterocycles. The Morgan fingerprint density at radius 1 is 1.50 bits per heavy atom. The molecule has 1 aliphatic rings. The summed E-state index contributed by atoms with van der Waals surface area (Å²) in [5, 5.41) is 2.75. The second kappa shape index (κ2) is 6.78. The van der Waals surface area contributed by atoms with Crippen LogP contribution in [0.15, 0.2) is 24.3 Å². The van der Waals surface area contributed by atoms with E-state index in [9.17, 15) is 9.18 Å². The summed E-state index contributed by atoms with van der Waals surface area (Å²) in [5.74, 6) is -0.447. The Morgan fingerprint density at radius 2 is 2.20 bits per heavy atom. The number of rotatable bonds is 4. The first-order valence-corrected chi connectivity index (χ1v) is 6.69. The van der Waals surface area contributed by atoms with Crippen LogP contribution in [0.1, 0.15) is 6.92 Å². The van der Waals surface area contributed by atoms with Crippen LogP contribution in [0.3, 0.4) is 0 Å². The summed E-state index contributed by atoms with van der Waals surface area (Å²) in [4.78, 5) is 14.0. The van der Waals surface area contributed by atoms with E-state index in [2.05, 4.69) is 5.32 Å². The third kappa shape index (κ3) is 4.00. The summed E-state index contributed by atoms with van der Waals surface area (Å²) in [6.07, 6.45) is -0.0233. The van der Waals surface area contributed by atoms with Gasteiger partial charge in [-0.3, -0.25) is 9.69 Å². The molecular formula is C14H20FN3O2. The third-order valence-electron chi connectivity index (χ3n) is 3.37. The number of morpholine rings is 1. The fraction of sp³-hybridized carbons (Fsp3) is 0.500. The summed E-state index contributed by atoms with van der Waals surface area (Å²) in [5.41, 5.74) is 6.18. The highest BCUT2D eigenvalue weighted by molar-refractivity contribution is 5.92. The van der Waals surface area contributed by atoms with Gasteiger partial charge in [0.15, 0.2) is 0 Å². The molecule has 5 nitrogen and oxygen atoms in total. The van der Waals surface area contributed by atoms with Gasteiger partial charge in [-0.05, 0) is 31.2 Å². The Morgan fingerprint density at radius 3 is 2.85 bits per heavy atom. The lowest BCUT2D eigenvalue weighted by Gasteiger charge is -2.37. The van der Waals surface area contributed by atoms with Crippen molar-refractivity contribution in [1.29, 1.82) is 0 Å². The molecule has 0 aliphatic carbocycles. The molecule has 2 rings (SSSR count). The second-order valence-corrected chi connectivity index (χ2v) is 5.02. The van der Waals surface area contributed by atoms with Crippen LogP contribution in [-0.4, -0.2) is 49.2 Å². The average molecular weight is 281 g/mol. The van der Waals surface area contributed by atoms with Gasteiger partial charge in [0.05, 0.1) is 19.3 Å². The van der Waals surface area contributed by atoms with Gasteiger partial charge in [-0.15, -0.1) is 0 Å². The van der Waals surface area contributed by atoms with E-state index in [-0.39, 0.29) is 30.4 Å². The number of carbonyl (C=O) groups excluding carboxylic acids is 1. The van der Waals surface area contributed by atoms with Gasteiger partial charge in [-0.1, -0.05) is 0 Å². The van der Waals surface area contributed by atoms with Crippen molar-refractivity contribution in [3.05, 3.63) is 30.1 Å². The quantitative estimate of drug-likeness (QED) is 0.857. The molecule has 0 saturated carbocycles. The van der Waals surface area contributed by atoms with Crippen molar-refractivity contribution < 1.29 is 13.9 Å². The van der Waals surface area contributed by atoms with Crippen LogP contribution in [0, 0.1) is 5.82 Å². The molecule has 0 bridgehead atoms. The van der Waals surface area contributed by atoms with Gasteiger partial charge in [0.1, 0.15) is 5.82 Å². The fourth-order valence-corrected chi connectivity index (χ4v) is 2.16. The van der Waals surface area contributed by atoms with E-state index in [1.807, 2.05) is 11.8 Å². The van der Waals surface area contributed by atoms with Crippen LogP contribution in [0.2, 0.25) is 0 Å². The summed E-state index contributed by atoms with van der Waals surface area (Å²) in [7, 11) is 0. The lowest BCUT2D eigenvalue weighted by molar-refractivity contribution is -0.121. The van der Waals surface area contributed by atoms with E-state index in [1.165, 1.54) is 12.1 Å². The summed E-state index contributed by atoms with van der Waals surface area (Å²) < 4.78 is 18.3. The molecular weight excluding hydrogens is 261 g/mol. The zero-order valence-electron chi connectivity index (χ0n) is 11.5. The van der Waals surface area contributed by atoms with Crippen LogP contribution in [0.4, 0.5) is 10.1 Å². The van der Waals surface area contributed by atoms with Gasteiger partial charge >= 0.3 is 0 Å². The molecule has 1 heterocycles. The van der Waals surface area contributed by atoms with E-state index < -0.39 is 0 Å². The van der Waals surface area contributed by atoms with E-state index in [0.29, 0.717) is 25.4 Å². The standard InChI is InChI=1S/C14H20FN3O2/c1-10-9-20-13(6-16)7-18(10)8-14(19)17-12-4-2-11(15)3-5-12/h2-5,10,13H,6-9,16H2,1H3,(H,17,19). The molecule has 2 atom stereocenters. The minimum atomic E-state index is -0.324. The first kappa shape index (κ1) is 14.9. The van der Waals surface area contributed by atoms with Crippen LogP contribution in [0.25, 0.3) is 0 Å². The number of anilines is 1. The van der Waals surface area contributed by atoms with Crippen LogP contribution in [-0.2, 0) is 9.53 Å². The van der Waals surface area contributed by atoms with E-state index >= 15 is 0 Å². The van der Waals surface area contributed by atoms with Crippen molar-refractivity contribution in [1.82, 2.24) is 4.90 Å². The zero-order valence-corrected chi connectivity index (χ0v) is 11.5. The lowest BCUT2D eigenvalue weighted by atomic mass is 10.2. The van der Waals surface area contributed by atoms with Gasteiger partial charge < -0.3 is 15.8 Å². The maximum Gasteiger partial charge on any atom is 0.238 e. The summed E-state index contributed by atoms with van der Waals surface area (Å²) in [6, 6.07) is 5.89. The number of hydrogen-bond donors (Lipinski definition) is 2. The van der Waals surface area contributed by atoms with Gasteiger partial charge in [-0.2, -0.15) is 0 Å². The Labute approximate surface area is 117 Å². The second-order valence-electron chi connectivity index (χ2n) is 5.02. The van der Waals surface area contributed by atoms with Crippen LogP contribution in [0.5, 0.6) is 0 Å². The molecule has 110 valence electrons. The van der Waals surface area contributed by atoms with Crippen molar-refractivity contribution in [2.24, 2.45) is 5.73 Å². The Bertz CT molecular complexity index is 452. The first-order valence-electron chi connectivity index (χ1n) is 6.69. The number of nitrogens with two attached hydrogens (primary N) is 1. The highest BCUT2D eigenvalue weighted by Gasteiger charge is 2.26. The number of benzene rings is 1. The molecule has 1 aromatic rings. The molecule has 1 fully saturated rings. The number of ether oxygens (including phenoxy) is 1. The van der Waals surface area contributed by atoms with E-state index in [4.69, 9.17) is 10.5 Å². The Balaban J connectivity index is 1.88. The topological polar surface area (TPSA) is 67.6 Å². The number of hydrogen-bond acceptors (Lipinski definition) is 4. The molecule has 0 spiro atoms. The van der Waals surface area contributed by atoms with Gasteiger partial charge in [-0.25, -0.2) is 4.39 Å². The summed E-state index contributed by atoms with van der Waals surface area (Å²) in [6.45, 7) is 3.96. The monoisotopic (exact) mass is 281 g/mol. The molecule has 2 unspecified atom stereocenters. The van der Waals surface area contributed by atoms with Crippen molar-refractivity contribution in [3.8, 4) is 0 Å². The number of carbonyl (C=O) groups is 1. The molecule has 6 heteroatoms. The molecule has 1 amide bonds. The number of halogens is 1.